The molecule has 6 heteroatoms. The summed E-state index contributed by atoms with van der Waals surface area (Å²) in [6, 6.07) is 7.86. The Bertz CT molecular complexity index is 703. The molecule has 0 saturated carbocycles. The Balaban J connectivity index is 2.05. The van der Waals surface area contributed by atoms with Crippen LogP contribution in [0.1, 0.15) is 5.69 Å². The van der Waals surface area contributed by atoms with Crippen molar-refractivity contribution < 1.29 is 9.47 Å². The molecule has 3 rings (SSSR count). The van der Waals surface area contributed by atoms with Gasteiger partial charge in [-0.25, -0.2) is 4.98 Å². The molecule has 0 fully saturated rings. The number of nitriles is 1. The summed E-state index contributed by atoms with van der Waals surface area (Å²) in [6.07, 6.45) is 0.277. The number of ether oxygens (including phenoxy) is 2. The molecule has 1 aromatic carbocycles. The summed E-state index contributed by atoms with van der Waals surface area (Å²) >= 11 is 3.47. The molecule has 0 saturated heterocycles. The molecule has 1 aliphatic rings. The van der Waals surface area contributed by atoms with Gasteiger partial charge in [-0.2, -0.15) is 5.26 Å². The molecule has 0 aliphatic carbocycles. The van der Waals surface area contributed by atoms with E-state index in [-0.39, 0.29) is 6.42 Å². The number of hydrogen-bond donors (Lipinski definition) is 0. The van der Waals surface area contributed by atoms with Gasteiger partial charge >= 0.3 is 0 Å². The van der Waals surface area contributed by atoms with Gasteiger partial charge in [0.15, 0.2) is 11.5 Å². The van der Waals surface area contributed by atoms with Gasteiger partial charge in [0.05, 0.1) is 18.2 Å². The predicted octanol–water partition coefficient (Wildman–Crippen LogP) is 2.69. The lowest BCUT2D eigenvalue weighted by molar-refractivity contribution is 0.171. The van der Waals surface area contributed by atoms with Crippen LogP contribution in [0.4, 0.5) is 0 Å². The third kappa shape index (κ3) is 2.14. The number of fused-ring (bicyclic) bond motifs is 1. The van der Waals surface area contributed by atoms with Crippen LogP contribution in [-0.4, -0.2) is 22.8 Å². The summed E-state index contributed by atoms with van der Waals surface area (Å²) in [5.41, 5.74) is 1.67. The van der Waals surface area contributed by atoms with Crippen molar-refractivity contribution in [2.45, 2.75) is 6.42 Å². The van der Waals surface area contributed by atoms with Gasteiger partial charge < -0.3 is 14.0 Å². The maximum Gasteiger partial charge on any atom is 0.162 e. The fourth-order valence-corrected chi connectivity index (χ4v) is 2.56. The molecule has 5 nitrogen and oxygen atoms in total. The fourth-order valence-electron chi connectivity index (χ4n) is 2.16. The Labute approximate surface area is 124 Å². The fraction of sp³-hybridized carbons (Fsp3) is 0.286. The maximum absolute atomic E-state index is 8.82. The molecule has 0 unspecified atom stereocenters. The Morgan fingerprint density at radius 2 is 2.10 bits per heavy atom. The van der Waals surface area contributed by atoms with Crippen molar-refractivity contribution >= 4 is 15.9 Å². The van der Waals surface area contributed by atoms with Crippen LogP contribution in [0.3, 0.4) is 0 Å². The topological polar surface area (TPSA) is 60.1 Å². The third-order valence-corrected chi connectivity index (χ3v) is 4.13. The summed E-state index contributed by atoms with van der Waals surface area (Å²) in [5.74, 6) is 2.28. The van der Waals surface area contributed by atoms with Gasteiger partial charge in [-0.05, 0) is 34.1 Å². The van der Waals surface area contributed by atoms with Crippen LogP contribution in [0.25, 0.3) is 11.4 Å². The van der Waals surface area contributed by atoms with E-state index in [1.54, 1.807) is 0 Å². The molecular formula is C14H12BrN3O2. The molecule has 0 radical (unpaired) electrons. The molecule has 1 aromatic heterocycles. The van der Waals surface area contributed by atoms with Crippen molar-refractivity contribution in [3.8, 4) is 29.0 Å². The molecule has 1 aliphatic heterocycles. The minimum atomic E-state index is 0.277. The molecule has 20 heavy (non-hydrogen) atoms. The average molecular weight is 334 g/mol. The van der Waals surface area contributed by atoms with E-state index >= 15 is 0 Å². The molecular weight excluding hydrogens is 322 g/mol. The van der Waals surface area contributed by atoms with Gasteiger partial charge in [0.1, 0.15) is 23.6 Å². The van der Waals surface area contributed by atoms with E-state index in [0.29, 0.717) is 13.2 Å². The molecule has 0 N–H and O–H groups in total. The second kappa shape index (κ2) is 5.17. The van der Waals surface area contributed by atoms with Gasteiger partial charge in [-0.15, -0.1) is 0 Å². The van der Waals surface area contributed by atoms with Crippen LogP contribution in [0, 0.1) is 11.3 Å². The van der Waals surface area contributed by atoms with Crippen molar-refractivity contribution in [3.63, 3.8) is 0 Å². The molecule has 0 amide bonds. The zero-order chi connectivity index (χ0) is 14.1. The minimum Gasteiger partial charge on any atom is -0.486 e. The second-order valence-corrected chi connectivity index (χ2v) is 5.18. The highest BCUT2D eigenvalue weighted by Gasteiger charge is 2.17. The van der Waals surface area contributed by atoms with Gasteiger partial charge in [0, 0.05) is 12.6 Å². The number of aromatic nitrogens is 2. The zero-order valence-corrected chi connectivity index (χ0v) is 12.5. The van der Waals surface area contributed by atoms with Crippen LogP contribution in [0.2, 0.25) is 0 Å². The van der Waals surface area contributed by atoms with E-state index in [9.17, 15) is 0 Å². The van der Waals surface area contributed by atoms with E-state index in [4.69, 9.17) is 14.7 Å². The van der Waals surface area contributed by atoms with Gasteiger partial charge in [0.25, 0.3) is 0 Å². The standard InChI is InChI=1S/C14H12BrN3O2/c1-18-13(15)10(4-5-16)17-14(18)9-2-3-11-12(8-9)20-7-6-19-11/h2-3,8H,4,6-7H2,1H3. The van der Waals surface area contributed by atoms with Crippen molar-refractivity contribution in [3.05, 3.63) is 28.5 Å². The highest BCUT2D eigenvalue weighted by atomic mass is 79.9. The first kappa shape index (κ1) is 13.0. The van der Waals surface area contributed by atoms with Gasteiger partial charge in [0.2, 0.25) is 0 Å². The average Bonchev–Trinajstić information content (AvgIpc) is 2.76. The highest BCUT2D eigenvalue weighted by molar-refractivity contribution is 9.10. The van der Waals surface area contributed by atoms with Crippen molar-refractivity contribution in [2.75, 3.05) is 13.2 Å². The number of rotatable bonds is 2. The van der Waals surface area contributed by atoms with E-state index in [1.165, 1.54) is 0 Å². The molecule has 0 spiro atoms. The number of imidazole rings is 1. The summed E-state index contributed by atoms with van der Waals surface area (Å²) in [7, 11) is 1.91. The number of nitrogens with zero attached hydrogens (tertiary/aromatic N) is 3. The summed E-state index contributed by atoms with van der Waals surface area (Å²) in [5, 5.41) is 8.82. The maximum atomic E-state index is 8.82. The van der Waals surface area contributed by atoms with Crippen LogP contribution in [0.5, 0.6) is 11.5 Å². The number of halogens is 1. The van der Waals surface area contributed by atoms with Crippen molar-refractivity contribution in [2.24, 2.45) is 7.05 Å². The van der Waals surface area contributed by atoms with Crippen molar-refractivity contribution in [1.29, 1.82) is 5.26 Å². The highest BCUT2D eigenvalue weighted by Crippen LogP contribution is 2.35. The van der Waals surface area contributed by atoms with Gasteiger partial charge in [-0.1, -0.05) is 0 Å². The lowest BCUT2D eigenvalue weighted by Crippen LogP contribution is -2.15. The Hall–Kier alpha value is -2.00. The van der Waals surface area contributed by atoms with Crippen LogP contribution >= 0.6 is 15.9 Å². The summed E-state index contributed by atoms with van der Waals surface area (Å²) in [6.45, 7) is 1.13. The number of hydrogen-bond acceptors (Lipinski definition) is 4. The second-order valence-electron chi connectivity index (χ2n) is 4.43. The first-order valence-electron chi connectivity index (χ1n) is 6.18. The zero-order valence-electron chi connectivity index (χ0n) is 10.9. The third-order valence-electron chi connectivity index (χ3n) is 3.14. The van der Waals surface area contributed by atoms with Crippen molar-refractivity contribution in [1.82, 2.24) is 9.55 Å². The van der Waals surface area contributed by atoms with Crippen LogP contribution in [-0.2, 0) is 13.5 Å². The molecule has 2 heterocycles. The van der Waals surface area contributed by atoms with E-state index < -0.39 is 0 Å². The smallest absolute Gasteiger partial charge is 0.162 e. The largest absolute Gasteiger partial charge is 0.486 e. The quantitative estimate of drug-likeness (QED) is 0.847. The monoisotopic (exact) mass is 333 g/mol. The van der Waals surface area contributed by atoms with E-state index in [0.717, 1.165) is 33.2 Å². The van der Waals surface area contributed by atoms with E-state index in [2.05, 4.69) is 27.0 Å². The van der Waals surface area contributed by atoms with Crippen LogP contribution < -0.4 is 9.47 Å². The van der Waals surface area contributed by atoms with Gasteiger partial charge in [-0.3, -0.25) is 0 Å². The first-order valence-corrected chi connectivity index (χ1v) is 6.98. The summed E-state index contributed by atoms with van der Waals surface area (Å²) in [4.78, 5) is 4.52. The summed E-state index contributed by atoms with van der Waals surface area (Å²) < 4.78 is 13.8. The lowest BCUT2D eigenvalue weighted by atomic mass is 10.2. The molecule has 0 atom stereocenters. The predicted molar refractivity (Wildman–Crippen MR) is 76.7 cm³/mol. The molecule has 102 valence electrons. The normalized spacial score (nSPS) is 13.1. The SMILES string of the molecule is Cn1c(-c2ccc3c(c2)OCCO3)nc(CC#N)c1Br. The Kier molecular flexibility index (Phi) is 3.36. The number of benzene rings is 1. The molecule has 2 aromatic rings. The van der Waals surface area contributed by atoms with E-state index in [1.807, 2.05) is 29.8 Å². The first-order chi connectivity index (χ1) is 9.70. The molecule has 0 bridgehead atoms. The lowest BCUT2D eigenvalue weighted by Gasteiger charge is -2.18. The minimum absolute atomic E-state index is 0.277. The Morgan fingerprint density at radius 1 is 1.35 bits per heavy atom. The van der Waals surface area contributed by atoms with Crippen LogP contribution in [0.15, 0.2) is 22.8 Å². The Morgan fingerprint density at radius 3 is 2.85 bits per heavy atom.